The van der Waals surface area contributed by atoms with Crippen LogP contribution in [0.4, 0.5) is 0 Å². The van der Waals surface area contributed by atoms with Gasteiger partial charge in [-0.2, -0.15) is 5.10 Å². The van der Waals surface area contributed by atoms with E-state index in [0.717, 1.165) is 6.54 Å². The summed E-state index contributed by atoms with van der Waals surface area (Å²) in [5, 5.41) is 4.37. The third kappa shape index (κ3) is 2.63. The van der Waals surface area contributed by atoms with E-state index in [1.807, 2.05) is 10.9 Å². The van der Waals surface area contributed by atoms with Gasteiger partial charge >= 0.3 is 0 Å². The first-order valence-electron chi connectivity index (χ1n) is 7.65. The van der Waals surface area contributed by atoms with Crippen molar-refractivity contribution in [2.45, 2.75) is 39.3 Å². The molecule has 2 aromatic rings. The number of nitrogens with zero attached hydrogens (tertiary/aromatic N) is 3. The summed E-state index contributed by atoms with van der Waals surface area (Å²) in [4.78, 5) is 2.58. The molecule has 0 spiro atoms. The molecule has 3 rings (SSSR count). The van der Waals surface area contributed by atoms with Gasteiger partial charge in [0, 0.05) is 24.3 Å². The molecule has 0 amide bonds. The predicted octanol–water partition coefficient (Wildman–Crippen LogP) is 3.73. The van der Waals surface area contributed by atoms with Gasteiger partial charge in [-0.25, -0.2) is 0 Å². The Morgan fingerprint density at radius 1 is 1.20 bits per heavy atom. The molecule has 1 aliphatic heterocycles. The third-order valence-electron chi connectivity index (χ3n) is 4.35. The minimum absolute atomic E-state index is 0.513. The van der Waals surface area contributed by atoms with Gasteiger partial charge in [0.1, 0.15) is 0 Å². The first-order valence-corrected chi connectivity index (χ1v) is 7.65. The molecule has 20 heavy (non-hydrogen) atoms. The van der Waals surface area contributed by atoms with Crippen LogP contribution in [-0.2, 0) is 6.54 Å². The molecule has 0 saturated carbocycles. The molecule has 106 valence electrons. The summed E-state index contributed by atoms with van der Waals surface area (Å²) in [6.07, 6.45) is 6.77. The SMILES string of the molecule is CCn1cc(-c2cccc([C@@H](C)N3CCCC3)c2)cn1. The molecule has 3 nitrogen and oxygen atoms in total. The molecule has 1 fully saturated rings. The van der Waals surface area contributed by atoms with Crippen LogP contribution in [0.15, 0.2) is 36.7 Å². The maximum atomic E-state index is 4.37. The van der Waals surface area contributed by atoms with Crippen LogP contribution < -0.4 is 0 Å². The molecule has 3 heteroatoms. The van der Waals surface area contributed by atoms with E-state index in [9.17, 15) is 0 Å². The zero-order valence-corrected chi connectivity index (χ0v) is 12.4. The summed E-state index contributed by atoms with van der Waals surface area (Å²) in [6, 6.07) is 9.42. The second-order valence-electron chi connectivity index (χ2n) is 5.63. The van der Waals surface area contributed by atoms with E-state index in [-0.39, 0.29) is 0 Å². The molecule has 0 bridgehead atoms. The number of benzene rings is 1. The lowest BCUT2D eigenvalue weighted by atomic mass is 10.0. The molecular formula is C17H23N3. The van der Waals surface area contributed by atoms with E-state index >= 15 is 0 Å². The van der Waals surface area contributed by atoms with Crippen molar-refractivity contribution in [3.05, 3.63) is 42.2 Å². The summed E-state index contributed by atoms with van der Waals surface area (Å²) in [5.74, 6) is 0. The fourth-order valence-corrected chi connectivity index (χ4v) is 3.00. The number of rotatable bonds is 4. The van der Waals surface area contributed by atoms with Crippen molar-refractivity contribution in [3.8, 4) is 11.1 Å². The van der Waals surface area contributed by atoms with E-state index in [2.05, 4.69) is 54.3 Å². The Bertz CT molecular complexity index is 567. The molecule has 1 aromatic heterocycles. The lowest BCUT2D eigenvalue weighted by Crippen LogP contribution is -2.23. The highest BCUT2D eigenvalue weighted by Crippen LogP contribution is 2.28. The van der Waals surface area contributed by atoms with Crippen LogP contribution in [0.3, 0.4) is 0 Å². The Kier molecular flexibility index (Phi) is 3.88. The molecule has 2 heterocycles. The lowest BCUT2D eigenvalue weighted by Gasteiger charge is -2.24. The van der Waals surface area contributed by atoms with Gasteiger partial charge in [0.05, 0.1) is 6.20 Å². The van der Waals surface area contributed by atoms with Crippen LogP contribution in [0.1, 0.15) is 38.3 Å². The van der Waals surface area contributed by atoms with Gasteiger partial charge in [0.25, 0.3) is 0 Å². The quantitative estimate of drug-likeness (QED) is 0.843. The molecule has 0 N–H and O–H groups in total. The van der Waals surface area contributed by atoms with Gasteiger partial charge in [0.2, 0.25) is 0 Å². The second kappa shape index (κ2) is 5.80. The molecule has 0 aliphatic carbocycles. The molecule has 1 aromatic carbocycles. The number of aryl methyl sites for hydroxylation is 1. The van der Waals surface area contributed by atoms with Gasteiger partial charge < -0.3 is 0 Å². The van der Waals surface area contributed by atoms with Crippen LogP contribution >= 0.6 is 0 Å². The maximum Gasteiger partial charge on any atom is 0.0568 e. The van der Waals surface area contributed by atoms with Crippen LogP contribution in [0.5, 0.6) is 0 Å². The molecular weight excluding hydrogens is 246 g/mol. The van der Waals surface area contributed by atoms with Gasteiger partial charge in [0.15, 0.2) is 0 Å². The molecule has 0 unspecified atom stereocenters. The Morgan fingerprint density at radius 3 is 2.70 bits per heavy atom. The Balaban J connectivity index is 1.85. The van der Waals surface area contributed by atoms with Crippen molar-refractivity contribution < 1.29 is 0 Å². The minimum atomic E-state index is 0.513. The smallest absolute Gasteiger partial charge is 0.0568 e. The average Bonchev–Trinajstić information content (AvgIpc) is 3.17. The second-order valence-corrected chi connectivity index (χ2v) is 5.63. The Hall–Kier alpha value is -1.61. The third-order valence-corrected chi connectivity index (χ3v) is 4.35. The van der Waals surface area contributed by atoms with Crippen molar-refractivity contribution in [3.63, 3.8) is 0 Å². The first kappa shape index (κ1) is 13.4. The summed E-state index contributed by atoms with van der Waals surface area (Å²) in [5.41, 5.74) is 3.89. The maximum absolute atomic E-state index is 4.37. The summed E-state index contributed by atoms with van der Waals surface area (Å²) >= 11 is 0. The number of aromatic nitrogens is 2. The van der Waals surface area contributed by atoms with Crippen LogP contribution in [0.25, 0.3) is 11.1 Å². The topological polar surface area (TPSA) is 21.1 Å². The number of hydrogen-bond donors (Lipinski definition) is 0. The van der Waals surface area contributed by atoms with Gasteiger partial charge in [-0.05, 0) is 57.0 Å². The van der Waals surface area contributed by atoms with Gasteiger partial charge in [-0.1, -0.05) is 18.2 Å². The van der Waals surface area contributed by atoms with E-state index in [1.165, 1.54) is 42.6 Å². The van der Waals surface area contributed by atoms with E-state index in [0.29, 0.717) is 6.04 Å². The largest absolute Gasteiger partial charge is 0.297 e. The highest BCUT2D eigenvalue weighted by molar-refractivity contribution is 5.62. The zero-order chi connectivity index (χ0) is 13.9. The Labute approximate surface area is 121 Å². The van der Waals surface area contributed by atoms with Gasteiger partial charge in [-0.15, -0.1) is 0 Å². The normalized spacial score (nSPS) is 17.5. The van der Waals surface area contributed by atoms with Crippen LogP contribution in [-0.4, -0.2) is 27.8 Å². The molecule has 0 radical (unpaired) electrons. The van der Waals surface area contributed by atoms with E-state index in [1.54, 1.807) is 0 Å². The average molecular weight is 269 g/mol. The van der Waals surface area contributed by atoms with Crippen molar-refractivity contribution in [1.29, 1.82) is 0 Å². The standard InChI is InChI=1S/C17H23N3/c1-3-20-13-17(12-18-20)16-8-6-7-15(11-16)14(2)19-9-4-5-10-19/h6-8,11-14H,3-5,9-10H2,1-2H3/t14-/m1/s1. The van der Waals surface area contributed by atoms with Crippen molar-refractivity contribution in [2.24, 2.45) is 0 Å². The fraction of sp³-hybridized carbons (Fsp3) is 0.471. The predicted molar refractivity (Wildman–Crippen MR) is 82.6 cm³/mol. The summed E-state index contributed by atoms with van der Waals surface area (Å²) < 4.78 is 1.98. The lowest BCUT2D eigenvalue weighted by molar-refractivity contribution is 0.263. The van der Waals surface area contributed by atoms with Gasteiger partial charge in [-0.3, -0.25) is 9.58 Å². The number of hydrogen-bond acceptors (Lipinski definition) is 2. The van der Waals surface area contributed by atoms with Crippen LogP contribution in [0.2, 0.25) is 0 Å². The molecule has 1 atom stereocenters. The summed E-state index contributed by atoms with van der Waals surface area (Å²) in [7, 11) is 0. The Morgan fingerprint density at radius 2 is 2.00 bits per heavy atom. The monoisotopic (exact) mass is 269 g/mol. The highest BCUT2D eigenvalue weighted by atomic mass is 15.3. The van der Waals surface area contributed by atoms with E-state index < -0.39 is 0 Å². The highest BCUT2D eigenvalue weighted by Gasteiger charge is 2.19. The van der Waals surface area contributed by atoms with Crippen molar-refractivity contribution >= 4 is 0 Å². The minimum Gasteiger partial charge on any atom is -0.297 e. The molecule has 1 saturated heterocycles. The van der Waals surface area contributed by atoms with E-state index in [4.69, 9.17) is 0 Å². The van der Waals surface area contributed by atoms with Crippen LogP contribution in [0, 0.1) is 0 Å². The molecule has 1 aliphatic rings. The zero-order valence-electron chi connectivity index (χ0n) is 12.4. The van der Waals surface area contributed by atoms with Crippen molar-refractivity contribution in [2.75, 3.05) is 13.1 Å². The first-order chi connectivity index (χ1) is 9.78. The summed E-state index contributed by atoms with van der Waals surface area (Å²) in [6.45, 7) is 7.82. The number of likely N-dealkylation sites (tertiary alicyclic amines) is 1. The van der Waals surface area contributed by atoms with Crippen molar-refractivity contribution in [1.82, 2.24) is 14.7 Å². The fourth-order valence-electron chi connectivity index (χ4n) is 3.00.